The van der Waals surface area contributed by atoms with Crippen molar-refractivity contribution in [3.8, 4) is 11.5 Å². The third-order valence-electron chi connectivity index (χ3n) is 6.73. The Morgan fingerprint density at radius 1 is 1.03 bits per heavy atom. The van der Waals surface area contributed by atoms with Crippen molar-refractivity contribution in [2.24, 2.45) is 0 Å². The van der Waals surface area contributed by atoms with Crippen molar-refractivity contribution < 1.29 is 19.1 Å². The molecule has 1 aromatic carbocycles. The molecular weight excluding hydrogens is 422 g/mol. The van der Waals surface area contributed by atoms with Gasteiger partial charge in [0.2, 0.25) is 12.0 Å². The van der Waals surface area contributed by atoms with Crippen molar-refractivity contribution in [3.63, 3.8) is 0 Å². The fourth-order valence-electron chi connectivity index (χ4n) is 4.85. The summed E-state index contributed by atoms with van der Waals surface area (Å²) in [4.78, 5) is 29.5. The van der Waals surface area contributed by atoms with Crippen molar-refractivity contribution in [2.45, 2.75) is 44.2 Å². The van der Waals surface area contributed by atoms with Crippen molar-refractivity contribution >= 4 is 17.6 Å². The van der Waals surface area contributed by atoms with E-state index >= 15 is 0 Å². The Morgan fingerprint density at radius 2 is 1.79 bits per heavy atom. The molecule has 1 aromatic heterocycles. The molecule has 1 saturated heterocycles. The number of fused-ring (bicyclic) bond motifs is 1. The van der Waals surface area contributed by atoms with Crippen LogP contribution in [0.1, 0.15) is 38.1 Å². The number of ether oxygens (including phenoxy) is 2. The minimum absolute atomic E-state index is 0.000303. The molecule has 2 aromatic rings. The number of nitrogens with one attached hydrogen (secondary N) is 1. The second kappa shape index (κ2) is 9.82. The second-order valence-electron chi connectivity index (χ2n) is 8.93. The topological polar surface area (TPSA) is 88.9 Å². The number of aromatic nitrogens is 2. The highest BCUT2D eigenvalue weighted by molar-refractivity contribution is 5.90. The molecule has 0 bridgehead atoms. The molecule has 9 heteroatoms. The normalized spacial score (nSPS) is 21.2. The summed E-state index contributed by atoms with van der Waals surface area (Å²) < 4.78 is 13.5. The number of anilines is 1. The van der Waals surface area contributed by atoms with Crippen LogP contribution in [0.25, 0.3) is 0 Å². The molecule has 1 atom stereocenters. The Labute approximate surface area is 193 Å². The molecule has 2 aliphatic heterocycles. The highest BCUT2D eigenvalue weighted by atomic mass is 16.6. The molecule has 3 heterocycles. The van der Waals surface area contributed by atoms with E-state index in [0.29, 0.717) is 43.6 Å². The van der Waals surface area contributed by atoms with Gasteiger partial charge in [0, 0.05) is 45.2 Å². The van der Waals surface area contributed by atoms with Gasteiger partial charge in [-0.05, 0) is 25.0 Å². The lowest BCUT2D eigenvalue weighted by Gasteiger charge is -2.37. The summed E-state index contributed by atoms with van der Waals surface area (Å²) in [7, 11) is 0. The predicted molar refractivity (Wildman–Crippen MR) is 122 cm³/mol. The average molecular weight is 454 g/mol. The largest absolute Gasteiger partial charge is 0.485 e. The van der Waals surface area contributed by atoms with E-state index in [2.05, 4.69) is 15.3 Å². The smallest absolute Gasteiger partial charge is 0.267 e. The van der Waals surface area contributed by atoms with Gasteiger partial charge in [-0.3, -0.25) is 14.5 Å². The Hall–Kier alpha value is -3.07. The van der Waals surface area contributed by atoms with Gasteiger partial charge in [0.15, 0.2) is 11.5 Å². The summed E-state index contributed by atoms with van der Waals surface area (Å²) in [6.45, 7) is 3.62. The van der Waals surface area contributed by atoms with E-state index in [0.717, 1.165) is 31.7 Å². The third-order valence-corrected chi connectivity index (χ3v) is 6.73. The van der Waals surface area contributed by atoms with Crippen LogP contribution in [-0.4, -0.2) is 76.8 Å². The zero-order valence-electron chi connectivity index (χ0n) is 18.8. The van der Waals surface area contributed by atoms with E-state index in [4.69, 9.17) is 9.47 Å². The van der Waals surface area contributed by atoms with Gasteiger partial charge < -0.3 is 19.7 Å². The maximum atomic E-state index is 12.9. The number of carbonyl (C=O) groups excluding carboxylic acids is 2. The monoisotopic (exact) mass is 453 g/mol. The van der Waals surface area contributed by atoms with E-state index in [-0.39, 0.29) is 18.4 Å². The van der Waals surface area contributed by atoms with Crippen molar-refractivity contribution in [3.05, 3.63) is 36.5 Å². The lowest BCUT2D eigenvalue weighted by Crippen LogP contribution is -2.54. The molecule has 0 spiro atoms. The van der Waals surface area contributed by atoms with Gasteiger partial charge in [0.05, 0.1) is 12.2 Å². The molecule has 3 aliphatic rings. The summed E-state index contributed by atoms with van der Waals surface area (Å²) in [5.74, 6) is 2.04. The maximum absolute atomic E-state index is 12.9. The Morgan fingerprint density at radius 3 is 2.58 bits per heavy atom. The van der Waals surface area contributed by atoms with Crippen LogP contribution in [0.4, 0.5) is 5.82 Å². The number of rotatable bonds is 6. The van der Waals surface area contributed by atoms with Crippen LogP contribution in [0.3, 0.4) is 0 Å². The van der Waals surface area contributed by atoms with Crippen LogP contribution >= 0.6 is 0 Å². The fourth-order valence-corrected chi connectivity index (χ4v) is 4.85. The van der Waals surface area contributed by atoms with Crippen molar-refractivity contribution in [2.75, 3.05) is 44.6 Å². The SMILES string of the molecule is O=C(CCN1CCN(C(=O)[C@H]2COc3ccccc3O2)CC1)Nc1ccnn1C1CCCC1. The van der Waals surface area contributed by atoms with Crippen LogP contribution in [0.5, 0.6) is 11.5 Å². The summed E-state index contributed by atoms with van der Waals surface area (Å²) in [5, 5.41) is 7.44. The van der Waals surface area contributed by atoms with Crippen LogP contribution in [0.2, 0.25) is 0 Å². The first kappa shape index (κ1) is 21.8. The van der Waals surface area contributed by atoms with Crippen molar-refractivity contribution in [1.82, 2.24) is 19.6 Å². The first-order valence-electron chi connectivity index (χ1n) is 11.9. The number of amides is 2. The van der Waals surface area contributed by atoms with E-state index in [1.807, 2.05) is 39.9 Å². The Balaban J connectivity index is 1.05. The van der Waals surface area contributed by atoms with Crippen LogP contribution < -0.4 is 14.8 Å². The molecular formula is C24H31N5O4. The molecule has 0 unspecified atom stereocenters. The molecule has 2 fully saturated rings. The molecule has 33 heavy (non-hydrogen) atoms. The molecule has 176 valence electrons. The Kier molecular flexibility index (Phi) is 6.48. The zero-order chi connectivity index (χ0) is 22.6. The van der Waals surface area contributed by atoms with Crippen LogP contribution in [-0.2, 0) is 9.59 Å². The van der Waals surface area contributed by atoms with Gasteiger partial charge in [0.25, 0.3) is 5.91 Å². The number of hydrogen-bond donors (Lipinski definition) is 1. The molecule has 1 N–H and O–H groups in total. The number of piperazine rings is 1. The quantitative estimate of drug-likeness (QED) is 0.722. The zero-order valence-corrected chi connectivity index (χ0v) is 18.8. The lowest BCUT2D eigenvalue weighted by atomic mass is 10.2. The molecule has 0 radical (unpaired) electrons. The molecule has 2 amide bonds. The number of hydrogen-bond acceptors (Lipinski definition) is 6. The predicted octanol–water partition coefficient (Wildman–Crippen LogP) is 2.31. The van der Waals surface area contributed by atoms with E-state index in [9.17, 15) is 9.59 Å². The van der Waals surface area contributed by atoms with E-state index in [1.54, 1.807) is 6.20 Å². The second-order valence-corrected chi connectivity index (χ2v) is 8.93. The van der Waals surface area contributed by atoms with Gasteiger partial charge >= 0.3 is 0 Å². The number of nitrogens with zero attached hydrogens (tertiary/aromatic N) is 4. The summed E-state index contributed by atoms with van der Waals surface area (Å²) >= 11 is 0. The third kappa shape index (κ3) is 4.98. The minimum Gasteiger partial charge on any atom is -0.485 e. The lowest BCUT2D eigenvalue weighted by molar-refractivity contribution is -0.143. The van der Waals surface area contributed by atoms with Gasteiger partial charge in [-0.25, -0.2) is 4.68 Å². The molecule has 5 rings (SSSR count). The number of benzene rings is 1. The van der Waals surface area contributed by atoms with Gasteiger partial charge in [-0.2, -0.15) is 5.10 Å². The highest BCUT2D eigenvalue weighted by Crippen LogP contribution is 2.32. The van der Waals surface area contributed by atoms with Gasteiger partial charge in [-0.1, -0.05) is 25.0 Å². The maximum Gasteiger partial charge on any atom is 0.267 e. The first-order valence-corrected chi connectivity index (χ1v) is 11.9. The van der Waals surface area contributed by atoms with Crippen molar-refractivity contribution in [1.29, 1.82) is 0 Å². The van der Waals surface area contributed by atoms with E-state index < -0.39 is 6.10 Å². The highest BCUT2D eigenvalue weighted by Gasteiger charge is 2.32. The van der Waals surface area contributed by atoms with Gasteiger partial charge in [-0.15, -0.1) is 0 Å². The summed E-state index contributed by atoms with van der Waals surface area (Å²) in [6.07, 6.45) is 6.25. The number of carbonyl (C=O) groups is 2. The Bertz CT molecular complexity index is 979. The minimum atomic E-state index is -0.609. The molecule has 9 nitrogen and oxygen atoms in total. The van der Waals surface area contributed by atoms with Crippen LogP contribution in [0.15, 0.2) is 36.5 Å². The molecule has 1 saturated carbocycles. The summed E-state index contributed by atoms with van der Waals surface area (Å²) in [6, 6.07) is 9.68. The fraction of sp³-hybridized carbons (Fsp3) is 0.542. The van der Waals surface area contributed by atoms with Gasteiger partial charge in [0.1, 0.15) is 12.4 Å². The standard InChI is InChI=1S/C24H31N5O4/c30-23(26-22-9-11-25-29(22)18-5-1-2-6-18)10-12-27-13-15-28(16-14-27)24(31)21-17-32-19-7-3-4-8-20(19)33-21/h3-4,7-9,11,18,21H,1-2,5-6,10,12-17H2,(H,26,30)/t21-/m1/s1. The summed E-state index contributed by atoms with van der Waals surface area (Å²) in [5.41, 5.74) is 0. The number of para-hydroxylation sites is 2. The van der Waals surface area contributed by atoms with E-state index in [1.165, 1.54) is 12.8 Å². The first-order chi connectivity index (χ1) is 16.2. The average Bonchev–Trinajstić information content (AvgIpc) is 3.54. The molecule has 1 aliphatic carbocycles. The van der Waals surface area contributed by atoms with Crippen LogP contribution in [0, 0.1) is 0 Å².